The second-order valence-corrected chi connectivity index (χ2v) is 8.19. The lowest BCUT2D eigenvalue weighted by molar-refractivity contribution is 0.102. The van der Waals surface area contributed by atoms with Gasteiger partial charge in [0.05, 0.1) is 10.2 Å². The number of nitrogens with one attached hydrogen (secondary N) is 1. The summed E-state index contributed by atoms with van der Waals surface area (Å²) in [7, 11) is 0. The lowest BCUT2D eigenvalue weighted by Crippen LogP contribution is -2.17. The molecule has 4 rings (SSSR count). The number of anilines is 1. The fourth-order valence-electron chi connectivity index (χ4n) is 2.51. The summed E-state index contributed by atoms with van der Waals surface area (Å²) >= 11 is 9.24. The van der Waals surface area contributed by atoms with Crippen LogP contribution in [0.1, 0.15) is 16.8 Å². The quantitative estimate of drug-likeness (QED) is 0.710. The largest absolute Gasteiger partial charge is 0.473 e. The minimum Gasteiger partial charge on any atom is -0.473 e. The Bertz CT molecular complexity index is 925. The summed E-state index contributed by atoms with van der Waals surface area (Å²) in [5.74, 6) is 2.31. The molecule has 1 aromatic carbocycles. The first kappa shape index (κ1) is 16.6. The highest BCUT2D eigenvalue weighted by molar-refractivity contribution is 7.99. The summed E-state index contributed by atoms with van der Waals surface area (Å²) in [4.78, 5) is 21.1. The normalized spacial score (nSPS) is 16.9. The standard InChI is InChI=1S/C17H14ClN3O2S2/c18-11-1-2-13-14(8-11)25-17(20-13)21-16(22)10-3-5-19-15(7-10)23-12-4-6-24-9-12/h1-3,5,7-8,12H,4,6,9H2,(H,20,21,22). The molecule has 1 unspecified atom stereocenters. The van der Waals surface area contributed by atoms with Gasteiger partial charge in [-0.05, 0) is 36.4 Å². The molecule has 25 heavy (non-hydrogen) atoms. The van der Waals surface area contributed by atoms with Gasteiger partial charge in [-0.2, -0.15) is 11.8 Å². The second-order valence-electron chi connectivity index (χ2n) is 5.57. The van der Waals surface area contributed by atoms with Crippen LogP contribution in [0.4, 0.5) is 5.13 Å². The number of aromatic nitrogens is 2. The van der Waals surface area contributed by atoms with E-state index in [0.29, 0.717) is 21.6 Å². The average molecular weight is 392 g/mol. The third-order valence-corrected chi connectivity index (χ3v) is 6.04. The van der Waals surface area contributed by atoms with Crippen LogP contribution in [0.3, 0.4) is 0 Å². The summed E-state index contributed by atoms with van der Waals surface area (Å²) in [6, 6.07) is 8.78. The van der Waals surface area contributed by atoms with Crippen LogP contribution in [0.2, 0.25) is 5.02 Å². The number of fused-ring (bicyclic) bond motifs is 1. The van der Waals surface area contributed by atoms with Crippen molar-refractivity contribution in [3.05, 3.63) is 47.1 Å². The zero-order chi connectivity index (χ0) is 17.2. The fraction of sp³-hybridized carbons (Fsp3) is 0.235. The molecule has 3 aromatic rings. The number of halogens is 1. The van der Waals surface area contributed by atoms with Crippen LogP contribution in [-0.4, -0.2) is 33.5 Å². The predicted octanol–water partition coefficient (Wildman–Crippen LogP) is 4.48. The van der Waals surface area contributed by atoms with E-state index in [1.54, 1.807) is 24.4 Å². The maximum Gasteiger partial charge on any atom is 0.257 e. The van der Waals surface area contributed by atoms with Crippen molar-refractivity contribution in [2.45, 2.75) is 12.5 Å². The van der Waals surface area contributed by atoms with E-state index in [2.05, 4.69) is 15.3 Å². The molecule has 5 nitrogen and oxygen atoms in total. The Kier molecular flexibility index (Phi) is 4.78. The van der Waals surface area contributed by atoms with Gasteiger partial charge in [0.15, 0.2) is 5.13 Å². The molecule has 1 saturated heterocycles. The zero-order valence-corrected chi connectivity index (χ0v) is 15.5. The van der Waals surface area contributed by atoms with E-state index >= 15 is 0 Å². The zero-order valence-electron chi connectivity index (χ0n) is 13.1. The fourth-order valence-corrected chi connectivity index (χ4v) is 4.74. The summed E-state index contributed by atoms with van der Waals surface area (Å²) in [5.41, 5.74) is 1.30. The predicted molar refractivity (Wildman–Crippen MR) is 103 cm³/mol. The molecule has 1 aliphatic rings. The van der Waals surface area contributed by atoms with Crippen molar-refractivity contribution >= 4 is 56.0 Å². The summed E-state index contributed by atoms with van der Waals surface area (Å²) in [5, 5.41) is 4.01. The van der Waals surface area contributed by atoms with Crippen molar-refractivity contribution in [2.24, 2.45) is 0 Å². The Labute approximate surface area is 157 Å². The molecule has 0 saturated carbocycles. The number of thiazole rings is 1. The number of rotatable bonds is 4. The molecule has 128 valence electrons. The van der Waals surface area contributed by atoms with Crippen molar-refractivity contribution < 1.29 is 9.53 Å². The molecule has 2 aromatic heterocycles. The van der Waals surface area contributed by atoms with Gasteiger partial charge in [-0.1, -0.05) is 22.9 Å². The maximum atomic E-state index is 12.5. The Morgan fingerprint density at radius 3 is 3.08 bits per heavy atom. The first-order valence-corrected chi connectivity index (χ1v) is 10.1. The molecule has 0 spiro atoms. The molecule has 1 amide bonds. The summed E-state index contributed by atoms with van der Waals surface area (Å²) in [6.45, 7) is 0. The number of ether oxygens (including phenoxy) is 1. The lowest BCUT2D eigenvalue weighted by atomic mass is 10.2. The molecule has 0 aliphatic carbocycles. The Hall–Kier alpha value is -1.83. The van der Waals surface area contributed by atoms with Gasteiger partial charge in [0.1, 0.15) is 6.10 Å². The number of nitrogens with zero attached hydrogens (tertiary/aromatic N) is 2. The van der Waals surface area contributed by atoms with Gasteiger partial charge in [0.2, 0.25) is 5.88 Å². The number of carbonyl (C=O) groups excluding carboxylic acids is 1. The molecular formula is C17H14ClN3O2S2. The molecule has 1 N–H and O–H groups in total. The molecule has 1 aliphatic heterocycles. The average Bonchev–Trinajstić information content (AvgIpc) is 3.24. The van der Waals surface area contributed by atoms with E-state index < -0.39 is 0 Å². The van der Waals surface area contributed by atoms with E-state index in [1.165, 1.54) is 11.3 Å². The molecule has 0 bridgehead atoms. The molecule has 1 atom stereocenters. The number of amides is 1. The van der Waals surface area contributed by atoms with Crippen molar-refractivity contribution in [1.82, 2.24) is 9.97 Å². The van der Waals surface area contributed by atoms with E-state index in [1.807, 2.05) is 23.9 Å². The minimum absolute atomic E-state index is 0.171. The third-order valence-electron chi connectivity index (χ3n) is 3.74. The molecule has 1 fully saturated rings. The first-order valence-electron chi connectivity index (χ1n) is 7.75. The van der Waals surface area contributed by atoms with Crippen LogP contribution in [0.25, 0.3) is 10.2 Å². The van der Waals surface area contributed by atoms with Crippen LogP contribution >= 0.6 is 34.7 Å². The highest BCUT2D eigenvalue weighted by Crippen LogP contribution is 2.29. The Morgan fingerprint density at radius 2 is 2.24 bits per heavy atom. The monoisotopic (exact) mass is 391 g/mol. The molecule has 3 heterocycles. The van der Waals surface area contributed by atoms with Gasteiger partial charge in [0.25, 0.3) is 5.91 Å². The Morgan fingerprint density at radius 1 is 1.32 bits per heavy atom. The summed E-state index contributed by atoms with van der Waals surface area (Å²) < 4.78 is 6.77. The highest BCUT2D eigenvalue weighted by atomic mass is 35.5. The topological polar surface area (TPSA) is 64.1 Å². The van der Waals surface area contributed by atoms with Gasteiger partial charge < -0.3 is 4.74 Å². The van der Waals surface area contributed by atoms with Crippen molar-refractivity contribution in [3.63, 3.8) is 0 Å². The number of hydrogen-bond acceptors (Lipinski definition) is 6. The van der Waals surface area contributed by atoms with E-state index in [0.717, 1.165) is 28.1 Å². The van der Waals surface area contributed by atoms with Gasteiger partial charge >= 0.3 is 0 Å². The lowest BCUT2D eigenvalue weighted by Gasteiger charge is -2.11. The first-order chi connectivity index (χ1) is 12.2. The van der Waals surface area contributed by atoms with Crippen molar-refractivity contribution in [2.75, 3.05) is 16.8 Å². The Balaban J connectivity index is 1.49. The van der Waals surface area contributed by atoms with E-state index in [9.17, 15) is 4.79 Å². The highest BCUT2D eigenvalue weighted by Gasteiger charge is 2.18. The van der Waals surface area contributed by atoms with Gasteiger partial charge in [-0.25, -0.2) is 9.97 Å². The van der Waals surface area contributed by atoms with Crippen molar-refractivity contribution in [3.8, 4) is 5.88 Å². The number of pyridine rings is 1. The van der Waals surface area contributed by atoms with Gasteiger partial charge in [0, 0.05) is 28.6 Å². The molecule has 0 radical (unpaired) electrons. The maximum absolute atomic E-state index is 12.5. The minimum atomic E-state index is -0.238. The van der Waals surface area contributed by atoms with E-state index in [-0.39, 0.29) is 12.0 Å². The van der Waals surface area contributed by atoms with E-state index in [4.69, 9.17) is 16.3 Å². The number of thioether (sulfide) groups is 1. The van der Waals surface area contributed by atoms with Crippen molar-refractivity contribution in [1.29, 1.82) is 0 Å². The SMILES string of the molecule is O=C(Nc1nc2ccc(Cl)cc2s1)c1ccnc(OC2CCSC2)c1. The van der Waals surface area contributed by atoms with Crippen LogP contribution in [0, 0.1) is 0 Å². The smallest absolute Gasteiger partial charge is 0.257 e. The second kappa shape index (κ2) is 7.19. The number of benzene rings is 1. The molecular weight excluding hydrogens is 378 g/mol. The number of hydrogen-bond donors (Lipinski definition) is 1. The summed E-state index contributed by atoms with van der Waals surface area (Å²) in [6.07, 6.45) is 2.77. The van der Waals surface area contributed by atoms with Crippen LogP contribution < -0.4 is 10.1 Å². The van der Waals surface area contributed by atoms with Crippen LogP contribution in [0.5, 0.6) is 5.88 Å². The van der Waals surface area contributed by atoms with Gasteiger partial charge in [-0.15, -0.1) is 0 Å². The third kappa shape index (κ3) is 3.89. The van der Waals surface area contributed by atoms with Crippen LogP contribution in [0.15, 0.2) is 36.5 Å². The van der Waals surface area contributed by atoms with Crippen LogP contribution in [-0.2, 0) is 0 Å². The molecule has 8 heteroatoms. The number of carbonyl (C=O) groups is 1. The van der Waals surface area contributed by atoms with Gasteiger partial charge in [-0.3, -0.25) is 10.1 Å².